The summed E-state index contributed by atoms with van der Waals surface area (Å²) >= 11 is 0. The summed E-state index contributed by atoms with van der Waals surface area (Å²) in [6.07, 6.45) is 0.585. The van der Waals surface area contributed by atoms with Crippen LogP contribution in [0.4, 0.5) is 0 Å². The maximum absolute atomic E-state index is 12.1. The highest BCUT2D eigenvalue weighted by molar-refractivity contribution is 5.89. The molecular weight excluding hydrogens is 404 g/mol. The molecule has 1 aromatic heterocycles. The third-order valence-corrected chi connectivity index (χ3v) is 5.42. The molecule has 2 rings (SSSR count). The Morgan fingerprint density at radius 1 is 1.10 bits per heavy atom. The first kappa shape index (κ1) is 23.9. The lowest BCUT2D eigenvalue weighted by atomic mass is 9.99. The molecule has 0 unspecified atom stereocenters. The molecule has 168 valence electrons. The minimum absolute atomic E-state index is 0.246. The molecule has 0 fully saturated rings. The molecule has 9 heteroatoms. The van der Waals surface area contributed by atoms with Gasteiger partial charge in [-0.15, -0.1) is 0 Å². The first-order valence-electron chi connectivity index (χ1n) is 10.0. The maximum atomic E-state index is 12.1. The number of amides is 2. The van der Waals surface area contributed by atoms with E-state index in [0.29, 0.717) is 28.9 Å². The second-order valence-electron chi connectivity index (χ2n) is 7.54. The van der Waals surface area contributed by atoms with Gasteiger partial charge < -0.3 is 24.9 Å². The van der Waals surface area contributed by atoms with Gasteiger partial charge in [0.05, 0.1) is 6.54 Å². The lowest BCUT2D eigenvalue weighted by Gasteiger charge is -2.20. The number of fused-ring (bicyclic) bond motifs is 1. The summed E-state index contributed by atoms with van der Waals surface area (Å²) in [5.41, 5.74) is 1.92. The van der Waals surface area contributed by atoms with Crippen LogP contribution >= 0.6 is 0 Å². The average molecular weight is 432 g/mol. The van der Waals surface area contributed by atoms with Crippen LogP contribution in [0.25, 0.3) is 11.0 Å². The van der Waals surface area contributed by atoms with Gasteiger partial charge >= 0.3 is 11.6 Å². The summed E-state index contributed by atoms with van der Waals surface area (Å²) in [6, 6.07) is 2.43. The van der Waals surface area contributed by atoms with Crippen LogP contribution in [0.15, 0.2) is 21.3 Å². The minimum atomic E-state index is -1.12. The fraction of sp³-hybridized carbons (Fsp3) is 0.455. The van der Waals surface area contributed by atoms with E-state index in [-0.39, 0.29) is 19.1 Å². The summed E-state index contributed by atoms with van der Waals surface area (Å²) in [5.74, 6) is -2.14. The Bertz CT molecular complexity index is 1060. The summed E-state index contributed by atoms with van der Waals surface area (Å²) in [7, 11) is 0. The standard InChI is InChI=1S/C22H28N2O7/c1-6-11(2)19(21(27)28)24-17(25)9-23-18(26)10-30-16-8-7-15-12(3)13(4)22(29)31-20(15)14(16)5/h7-8,11,19H,6,9-10H2,1-5H3,(H,23,26)(H,24,25)(H,27,28)/t11-,19-/m0/s1. The van der Waals surface area contributed by atoms with Crippen molar-refractivity contribution < 1.29 is 28.6 Å². The van der Waals surface area contributed by atoms with Gasteiger partial charge in [-0.3, -0.25) is 9.59 Å². The first-order chi connectivity index (χ1) is 14.6. The number of ether oxygens (including phenoxy) is 1. The van der Waals surface area contributed by atoms with Crippen molar-refractivity contribution in [3.8, 4) is 5.75 Å². The van der Waals surface area contributed by atoms with Gasteiger partial charge in [0.15, 0.2) is 6.61 Å². The van der Waals surface area contributed by atoms with Gasteiger partial charge in [0.2, 0.25) is 5.91 Å². The van der Waals surface area contributed by atoms with Gasteiger partial charge in [0.25, 0.3) is 5.91 Å². The van der Waals surface area contributed by atoms with Crippen LogP contribution in [0.3, 0.4) is 0 Å². The van der Waals surface area contributed by atoms with E-state index < -0.39 is 29.5 Å². The molecule has 0 radical (unpaired) electrons. The molecule has 2 amide bonds. The van der Waals surface area contributed by atoms with E-state index in [2.05, 4.69) is 10.6 Å². The van der Waals surface area contributed by atoms with Crippen molar-refractivity contribution in [3.05, 3.63) is 39.2 Å². The predicted molar refractivity (Wildman–Crippen MR) is 114 cm³/mol. The highest BCUT2D eigenvalue weighted by Crippen LogP contribution is 2.29. The summed E-state index contributed by atoms with van der Waals surface area (Å²) < 4.78 is 10.9. The topological polar surface area (TPSA) is 135 Å². The molecule has 2 atom stereocenters. The molecule has 1 aromatic carbocycles. The number of benzene rings is 1. The second kappa shape index (κ2) is 10.1. The zero-order valence-corrected chi connectivity index (χ0v) is 18.3. The number of nitrogens with one attached hydrogen (secondary N) is 2. The van der Waals surface area contributed by atoms with Gasteiger partial charge in [-0.05, 0) is 44.4 Å². The van der Waals surface area contributed by atoms with Crippen LogP contribution in [-0.2, 0) is 14.4 Å². The molecule has 0 aliphatic rings. The first-order valence-corrected chi connectivity index (χ1v) is 10.0. The van der Waals surface area contributed by atoms with E-state index in [1.54, 1.807) is 32.9 Å². The van der Waals surface area contributed by atoms with Crippen molar-refractivity contribution in [3.63, 3.8) is 0 Å². The Balaban J connectivity index is 1.97. The van der Waals surface area contributed by atoms with Crippen LogP contribution < -0.4 is 21.0 Å². The van der Waals surface area contributed by atoms with Crippen molar-refractivity contribution in [1.82, 2.24) is 10.6 Å². The number of hydrogen-bond acceptors (Lipinski definition) is 6. The summed E-state index contributed by atoms with van der Waals surface area (Å²) in [5, 5.41) is 14.8. The van der Waals surface area contributed by atoms with E-state index in [9.17, 15) is 24.3 Å². The zero-order valence-electron chi connectivity index (χ0n) is 18.3. The van der Waals surface area contributed by atoms with Crippen LogP contribution in [0.2, 0.25) is 0 Å². The Kier molecular flexibility index (Phi) is 7.79. The van der Waals surface area contributed by atoms with Crippen LogP contribution in [0.5, 0.6) is 5.75 Å². The molecule has 0 saturated heterocycles. The lowest BCUT2D eigenvalue weighted by Crippen LogP contribution is -2.48. The maximum Gasteiger partial charge on any atom is 0.339 e. The molecule has 0 spiro atoms. The van der Waals surface area contributed by atoms with Gasteiger partial charge in [-0.25, -0.2) is 9.59 Å². The number of hydrogen-bond donors (Lipinski definition) is 3. The van der Waals surface area contributed by atoms with E-state index in [0.717, 1.165) is 10.9 Å². The fourth-order valence-electron chi connectivity index (χ4n) is 3.06. The Hall–Kier alpha value is -3.36. The lowest BCUT2D eigenvalue weighted by molar-refractivity contribution is -0.143. The molecule has 0 aliphatic carbocycles. The Morgan fingerprint density at radius 2 is 1.77 bits per heavy atom. The van der Waals surface area contributed by atoms with Crippen molar-refractivity contribution in [2.24, 2.45) is 5.92 Å². The Labute approximate surface area is 179 Å². The molecule has 0 aliphatic heterocycles. The summed E-state index contributed by atoms with van der Waals surface area (Å²) in [6.45, 7) is 8.08. The van der Waals surface area contributed by atoms with Gasteiger partial charge in [-0.1, -0.05) is 20.3 Å². The number of rotatable bonds is 9. The van der Waals surface area contributed by atoms with Gasteiger partial charge in [-0.2, -0.15) is 0 Å². The third-order valence-electron chi connectivity index (χ3n) is 5.42. The molecule has 2 aromatic rings. The van der Waals surface area contributed by atoms with Crippen LogP contribution in [0.1, 0.15) is 37.0 Å². The highest BCUT2D eigenvalue weighted by atomic mass is 16.5. The number of aliphatic carboxylic acids is 1. The van der Waals surface area contributed by atoms with Gasteiger partial charge in [0, 0.05) is 16.5 Å². The van der Waals surface area contributed by atoms with Crippen molar-refractivity contribution in [2.45, 2.75) is 47.1 Å². The molecule has 1 heterocycles. The molecular formula is C22H28N2O7. The quantitative estimate of drug-likeness (QED) is 0.515. The minimum Gasteiger partial charge on any atom is -0.483 e. The molecule has 0 bridgehead atoms. The number of carboxylic acids is 1. The molecule has 3 N–H and O–H groups in total. The summed E-state index contributed by atoms with van der Waals surface area (Å²) in [4.78, 5) is 47.3. The highest BCUT2D eigenvalue weighted by Gasteiger charge is 2.25. The molecule has 0 saturated carbocycles. The largest absolute Gasteiger partial charge is 0.483 e. The third kappa shape index (κ3) is 5.62. The van der Waals surface area contributed by atoms with Crippen molar-refractivity contribution >= 4 is 28.8 Å². The fourth-order valence-corrected chi connectivity index (χ4v) is 3.06. The van der Waals surface area contributed by atoms with Crippen molar-refractivity contribution in [1.29, 1.82) is 0 Å². The monoisotopic (exact) mass is 432 g/mol. The molecule has 9 nitrogen and oxygen atoms in total. The molecule has 31 heavy (non-hydrogen) atoms. The number of carbonyl (C=O) groups excluding carboxylic acids is 2. The number of carbonyl (C=O) groups is 3. The predicted octanol–water partition coefficient (Wildman–Crippen LogP) is 1.83. The Morgan fingerprint density at radius 3 is 2.39 bits per heavy atom. The second-order valence-corrected chi connectivity index (χ2v) is 7.54. The van der Waals surface area contributed by atoms with Crippen molar-refractivity contribution in [2.75, 3.05) is 13.2 Å². The van der Waals surface area contributed by atoms with Gasteiger partial charge in [0.1, 0.15) is 17.4 Å². The number of aryl methyl sites for hydroxylation is 2. The van der Waals surface area contributed by atoms with E-state index in [1.807, 2.05) is 13.8 Å². The van der Waals surface area contributed by atoms with Crippen LogP contribution in [-0.4, -0.2) is 42.1 Å². The zero-order chi connectivity index (χ0) is 23.3. The van der Waals surface area contributed by atoms with E-state index in [4.69, 9.17) is 9.15 Å². The van der Waals surface area contributed by atoms with Crippen LogP contribution in [0, 0.1) is 26.7 Å². The average Bonchev–Trinajstić information content (AvgIpc) is 2.73. The number of carboxylic acid groups (broad SMARTS) is 1. The smallest absolute Gasteiger partial charge is 0.339 e. The van der Waals surface area contributed by atoms with E-state index >= 15 is 0 Å². The normalized spacial score (nSPS) is 12.8. The SMILES string of the molecule is CC[C@H](C)[C@H](NC(=O)CNC(=O)COc1ccc2c(C)c(C)c(=O)oc2c1C)C(=O)O. The van der Waals surface area contributed by atoms with E-state index in [1.165, 1.54) is 0 Å².